The van der Waals surface area contributed by atoms with Crippen LogP contribution in [0, 0.1) is 17.8 Å². The molecule has 26 heavy (non-hydrogen) atoms. The minimum Gasteiger partial charge on any atom is -0.495 e. The van der Waals surface area contributed by atoms with Gasteiger partial charge < -0.3 is 15.0 Å². The van der Waals surface area contributed by atoms with Crippen molar-refractivity contribution in [1.82, 2.24) is 0 Å². The number of nitrogens with one attached hydrogen (secondary N) is 1. The number of nitrogens with zero attached hydrogens (tertiary/aromatic N) is 1. The third-order valence-electron chi connectivity index (χ3n) is 5.95. The Bertz CT molecular complexity index is 682. The molecule has 1 aliphatic heterocycles. The van der Waals surface area contributed by atoms with E-state index in [-0.39, 0.29) is 11.8 Å². The zero-order valence-electron chi connectivity index (χ0n) is 15.5. The van der Waals surface area contributed by atoms with Gasteiger partial charge in [-0.05, 0) is 74.5 Å². The molecule has 1 aromatic rings. The summed E-state index contributed by atoms with van der Waals surface area (Å²) in [5.41, 5.74) is 1.51. The van der Waals surface area contributed by atoms with Crippen LogP contribution in [0.3, 0.4) is 0 Å². The molecule has 1 N–H and O–H groups in total. The third-order valence-corrected chi connectivity index (χ3v) is 5.95. The Morgan fingerprint density at radius 1 is 1.23 bits per heavy atom. The first-order chi connectivity index (χ1) is 12.7. The summed E-state index contributed by atoms with van der Waals surface area (Å²) in [5.74, 6) is 3.00. The monoisotopic (exact) mass is 356 g/mol. The number of hydrogen-bond donors (Lipinski definition) is 1. The van der Waals surface area contributed by atoms with Crippen molar-refractivity contribution in [3.63, 3.8) is 0 Å². The second kappa shape index (κ2) is 7.29. The first-order valence-corrected chi connectivity index (χ1v) is 9.94. The Morgan fingerprint density at radius 2 is 1.96 bits per heavy atom. The van der Waals surface area contributed by atoms with Gasteiger partial charge in [-0.2, -0.15) is 0 Å². The zero-order chi connectivity index (χ0) is 18.1. The molecule has 2 amide bonds. The van der Waals surface area contributed by atoms with Gasteiger partial charge in [-0.1, -0.05) is 0 Å². The van der Waals surface area contributed by atoms with Crippen LogP contribution >= 0.6 is 0 Å². The summed E-state index contributed by atoms with van der Waals surface area (Å²) >= 11 is 0. The average molecular weight is 356 g/mol. The van der Waals surface area contributed by atoms with Gasteiger partial charge in [-0.15, -0.1) is 0 Å². The van der Waals surface area contributed by atoms with E-state index < -0.39 is 0 Å². The number of rotatable bonds is 7. The van der Waals surface area contributed by atoms with Gasteiger partial charge in [0.2, 0.25) is 11.8 Å². The van der Waals surface area contributed by atoms with Crippen molar-refractivity contribution < 1.29 is 14.3 Å². The number of carbonyl (C=O) groups is 2. The lowest BCUT2D eigenvalue weighted by Crippen LogP contribution is -2.35. The maximum atomic E-state index is 12.6. The van der Waals surface area contributed by atoms with Gasteiger partial charge in [0.25, 0.3) is 0 Å². The van der Waals surface area contributed by atoms with E-state index in [0.717, 1.165) is 36.1 Å². The molecule has 0 unspecified atom stereocenters. The zero-order valence-corrected chi connectivity index (χ0v) is 15.5. The van der Waals surface area contributed by atoms with Crippen LogP contribution in [0.5, 0.6) is 5.75 Å². The SMILES string of the molecule is COc1ccc(NC(=O)CC(C2CC2)C2CC2)cc1N1CCCCC1=O. The van der Waals surface area contributed by atoms with E-state index in [0.29, 0.717) is 31.1 Å². The van der Waals surface area contributed by atoms with Gasteiger partial charge in [-0.25, -0.2) is 0 Å². The molecule has 0 atom stereocenters. The average Bonchev–Trinajstić information content (AvgIpc) is 3.54. The quantitative estimate of drug-likeness (QED) is 0.804. The maximum Gasteiger partial charge on any atom is 0.227 e. The Labute approximate surface area is 155 Å². The van der Waals surface area contributed by atoms with E-state index in [4.69, 9.17) is 4.74 Å². The second-order valence-electron chi connectivity index (χ2n) is 7.98. The van der Waals surface area contributed by atoms with Crippen LogP contribution in [0.25, 0.3) is 0 Å². The largest absolute Gasteiger partial charge is 0.495 e. The molecule has 1 heterocycles. The molecule has 1 aromatic carbocycles. The Hall–Kier alpha value is -2.04. The molecule has 0 radical (unpaired) electrons. The summed E-state index contributed by atoms with van der Waals surface area (Å²) in [6, 6.07) is 5.58. The standard InChI is InChI=1S/C21H28N2O3/c1-26-19-10-9-16(12-18(19)23-11-3-2-4-21(23)25)22-20(24)13-17(14-5-6-14)15-7-8-15/h9-10,12,14-15,17H,2-8,11,13H2,1H3,(H,22,24). The highest BCUT2D eigenvalue weighted by molar-refractivity contribution is 5.97. The number of benzene rings is 1. The lowest BCUT2D eigenvalue weighted by molar-refractivity contribution is -0.119. The second-order valence-corrected chi connectivity index (χ2v) is 7.98. The topological polar surface area (TPSA) is 58.6 Å². The summed E-state index contributed by atoms with van der Waals surface area (Å²) in [7, 11) is 1.61. The number of piperidine rings is 1. The van der Waals surface area contributed by atoms with Crippen LogP contribution in [-0.2, 0) is 9.59 Å². The van der Waals surface area contributed by atoms with Crippen LogP contribution < -0.4 is 15.0 Å². The van der Waals surface area contributed by atoms with Crippen molar-refractivity contribution in [1.29, 1.82) is 0 Å². The summed E-state index contributed by atoms with van der Waals surface area (Å²) in [4.78, 5) is 26.6. The van der Waals surface area contributed by atoms with Crippen molar-refractivity contribution in [2.45, 2.75) is 51.4 Å². The highest BCUT2D eigenvalue weighted by atomic mass is 16.5. The molecule has 5 nitrogen and oxygen atoms in total. The van der Waals surface area contributed by atoms with E-state index in [1.54, 1.807) is 12.0 Å². The van der Waals surface area contributed by atoms with E-state index >= 15 is 0 Å². The van der Waals surface area contributed by atoms with Crippen LogP contribution in [0.2, 0.25) is 0 Å². The Balaban J connectivity index is 1.46. The smallest absolute Gasteiger partial charge is 0.227 e. The van der Waals surface area contributed by atoms with Gasteiger partial charge in [0, 0.05) is 25.1 Å². The molecular formula is C21H28N2O3. The van der Waals surface area contributed by atoms with Crippen molar-refractivity contribution in [2.75, 3.05) is 23.9 Å². The van der Waals surface area contributed by atoms with Gasteiger partial charge >= 0.3 is 0 Å². The van der Waals surface area contributed by atoms with Gasteiger partial charge in [-0.3, -0.25) is 9.59 Å². The van der Waals surface area contributed by atoms with Crippen LogP contribution in [0.4, 0.5) is 11.4 Å². The molecule has 2 aliphatic carbocycles. The van der Waals surface area contributed by atoms with E-state index in [1.807, 2.05) is 18.2 Å². The molecule has 5 heteroatoms. The normalized spacial score (nSPS) is 20.4. The molecule has 4 rings (SSSR count). The first kappa shape index (κ1) is 17.4. The van der Waals surface area contributed by atoms with Gasteiger partial charge in [0.05, 0.1) is 12.8 Å². The van der Waals surface area contributed by atoms with Crippen LogP contribution in [0.1, 0.15) is 51.4 Å². The maximum absolute atomic E-state index is 12.6. The summed E-state index contributed by atoms with van der Waals surface area (Å²) in [5, 5.41) is 3.05. The van der Waals surface area contributed by atoms with Gasteiger partial charge in [0.1, 0.15) is 5.75 Å². The fourth-order valence-corrected chi connectivity index (χ4v) is 4.23. The third kappa shape index (κ3) is 3.87. The van der Waals surface area contributed by atoms with E-state index in [2.05, 4.69) is 5.32 Å². The van der Waals surface area contributed by atoms with Gasteiger partial charge in [0.15, 0.2) is 0 Å². The fraction of sp³-hybridized carbons (Fsp3) is 0.619. The highest BCUT2D eigenvalue weighted by Crippen LogP contribution is 2.50. The fourth-order valence-electron chi connectivity index (χ4n) is 4.23. The number of anilines is 2. The number of carbonyl (C=O) groups excluding carboxylic acids is 2. The lowest BCUT2D eigenvalue weighted by atomic mass is 9.94. The number of hydrogen-bond acceptors (Lipinski definition) is 3. The molecule has 3 aliphatic rings. The minimum absolute atomic E-state index is 0.0925. The number of amides is 2. The molecule has 0 aromatic heterocycles. The van der Waals surface area contributed by atoms with E-state index in [9.17, 15) is 9.59 Å². The minimum atomic E-state index is 0.0925. The van der Waals surface area contributed by atoms with Crippen molar-refractivity contribution in [3.05, 3.63) is 18.2 Å². The summed E-state index contributed by atoms with van der Waals surface area (Å²) in [6.07, 6.45) is 8.30. The van der Waals surface area contributed by atoms with E-state index in [1.165, 1.54) is 25.7 Å². The van der Waals surface area contributed by atoms with Crippen LogP contribution in [-0.4, -0.2) is 25.5 Å². The molecule has 0 spiro atoms. The Kier molecular flexibility index (Phi) is 4.88. The Morgan fingerprint density at radius 3 is 2.58 bits per heavy atom. The molecule has 1 saturated heterocycles. The number of ether oxygens (including phenoxy) is 1. The molecular weight excluding hydrogens is 328 g/mol. The van der Waals surface area contributed by atoms with Crippen molar-refractivity contribution in [3.8, 4) is 5.75 Å². The highest BCUT2D eigenvalue weighted by Gasteiger charge is 2.42. The molecule has 140 valence electrons. The molecule has 0 bridgehead atoms. The van der Waals surface area contributed by atoms with Crippen molar-refractivity contribution in [2.24, 2.45) is 17.8 Å². The van der Waals surface area contributed by atoms with Crippen LogP contribution in [0.15, 0.2) is 18.2 Å². The molecule has 3 fully saturated rings. The predicted octanol–water partition coefficient (Wildman–Crippen LogP) is 3.98. The predicted molar refractivity (Wildman–Crippen MR) is 101 cm³/mol. The first-order valence-electron chi connectivity index (χ1n) is 9.94. The lowest BCUT2D eigenvalue weighted by Gasteiger charge is -2.28. The summed E-state index contributed by atoms with van der Waals surface area (Å²) in [6.45, 7) is 0.706. The summed E-state index contributed by atoms with van der Waals surface area (Å²) < 4.78 is 5.44. The molecule has 2 saturated carbocycles. The number of methoxy groups -OCH3 is 1. The van der Waals surface area contributed by atoms with Crippen molar-refractivity contribution >= 4 is 23.2 Å².